The summed E-state index contributed by atoms with van der Waals surface area (Å²) in [6, 6.07) is 2.41. The highest BCUT2D eigenvalue weighted by atomic mass is 32.2. The molecule has 0 spiro atoms. The van der Waals surface area contributed by atoms with Crippen molar-refractivity contribution in [2.75, 3.05) is 7.05 Å². The summed E-state index contributed by atoms with van der Waals surface area (Å²) in [6.45, 7) is -0.0963. The van der Waals surface area contributed by atoms with Crippen LogP contribution in [0.15, 0.2) is 29.4 Å². The topological polar surface area (TPSA) is 122 Å². The number of nitro benzene ring substituents is 1. The largest absolute Gasteiger partial charge is 0.304 e. The number of benzene rings is 1. The average Bonchev–Trinajstić information content (AvgIpc) is 2.90. The first kappa shape index (κ1) is 15.0. The molecule has 0 saturated heterocycles. The summed E-state index contributed by atoms with van der Waals surface area (Å²) in [5, 5.41) is 16.6. The van der Waals surface area contributed by atoms with Crippen LogP contribution < -0.4 is 0 Å². The lowest BCUT2D eigenvalue weighted by Gasteiger charge is -2.15. The molecule has 9 nitrogen and oxygen atoms in total. The maximum atomic E-state index is 13.5. The van der Waals surface area contributed by atoms with Crippen LogP contribution in [0.3, 0.4) is 0 Å². The molecule has 1 N–H and O–H groups in total. The second-order valence-corrected chi connectivity index (χ2v) is 6.11. The molecule has 2 aromatic rings. The SMILES string of the molecule is CN(Cc1ncn[nH]1)S(=O)(=O)c1ccc([N+](=O)[O-])c(F)c1. The number of aromatic amines is 1. The number of nitro groups is 1. The normalized spacial score (nSPS) is 11.8. The number of halogens is 1. The van der Waals surface area contributed by atoms with Crippen LogP contribution in [0, 0.1) is 15.9 Å². The first-order chi connectivity index (χ1) is 9.82. The van der Waals surface area contributed by atoms with Gasteiger partial charge in [0.2, 0.25) is 15.8 Å². The Morgan fingerprint density at radius 1 is 1.48 bits per heavy atom. The molecule has 1 aromatic heterocycles. The zero-order valence-electron chi connectivity index (χ0n) is 10.7. The molecule has 0 atom stereocenters. The van der Waals surface area contributed by atoms with Crippen molar-refractivity contribution < 1.29 is 17.7 Å². The third kappa shape index (κ3) is 3.03. The molecule has 112 valence electrons. The van der Waals surface area contributed by atoms with Crippen molar-refractivity contribution in [2.45, 2.75) is 11.4 Å². The molecule has 1 heterocycles. The van der Waals surface area contributed by atoms with Crippen LogP contribution in [0.1, 0.15) is 5.82 Å². The van der Waals surface area contributed by atoms with Gasteiger partial charge in [0, 0.05) is 19.2 Å². The molecule has 21 heavy (non-hydrogen) atoms. The van der Waals surface area contributed by atoms with Crippen molar-refractivity contribution in [1.29, 1.82) is 0 Å². The summed E-state index contributed by atoms with van der Waals surface area (Å²) in [5.74, 6) is -0.905. The predicted octanol–water partition coefficient (Wildman–Crippen LogP) is 0.673. The fourth-order valence-corrected chi connectivity index (χ4v) is 2.72. The summed E-state index contributed by atoms with van der Waals surface area (Å²) in [4.78, 5) is 13.0. The van der Waals surface area contributed by atoms with E-state index >= 15 is 0 Å². The van der Waals surface area contributed by atoms with E-state index in [0.717, 1.165) is 16.4 Å². The molecular weight excluding hydrogens is 305 g/mol. The van der Waals surface area contributed by atoms with E-state index in [1.165, 1.54) is 13.4 Å². The molecule has 0 amide bonds. The van der Waals surface area contributed by atoms with Gasteiger partial charge in [-0.05, 0) is 6.07 Å². The Balaban J connectivity index is 2.31. The Labute approximate surface area is 118 Å². The molecule has 0 unspecified atom stereocenters. The van der Waals surface area contributed by atoms with Crippen LogP contribution in [0.4, 0.5) is 10.1 Å². The molecule has 0 radical (unpaired) electrons. The van der Waals surface area contributed by atoms with Gasteiger partial charge < -0.3 is 0 Å². The van der Waals surface area contributed by atoms with Crippen molar-refractivity contribution in [2.24, 2.45) is 0 Å². The van der Waals surface area contributed by atoms with E-state index in [9.17, 15) is 22.9 Å². The summed E-state index contributed by atoms with van der Waals surface area (Å²) >= 11 is 0. The first-order valence-corrected chi connectivity index (χ1v) is 7.01. The van der Waals surface area contributed by atoms with Gasteiger partial charge in [0.25, 0.3) is 0 Å². The van der Waals surface area contributed by atoms with Crippen molar-refractivity contribution in [3.63, 3.8) is 0 Å². The maximum Gasteiger partial charge on any atom is 0.304 e. The van der Waals surface area contributed by atoms with E-state index in [0.29, 0.717) is 11.9 Å². The zero-order valence-corrected chi connectivity index (χ0v) is 11.5. The van der Waals surface area contributed by atoms with Crippen molar-refractivity contribution in [3.8, 4) is 0 Å². The quantitative estimate of drug-likeness (QED) is 0.639. The fourth-order valence-electron chi connectivity index (χ4n) is 1.58. The lowest BCUT2D eigenvalue weighted by Crippen LogP contribution is -2.27. The molecule has 1 aromatic carbocycles. The predicted molar refractivity (Wildman–Crippen MR) is 68.1 cm³/mol. The van der Waals surface area contributed by atoms with Gasteiger partial charge in [-0.2, -0.15) is 13.8 Å². The number of aromatic nitrogens is 3. The van der Waals surface area contributed by atoms with Crippen molar-refractivity contribution >= 4 is 15.7 Å². The standard InChI is InChI=1S/C10H10FN5O4S/c1-15(5-10-12-6-13-14-10)21(19,20)7-2-3-9(16(17)18)8(11)4-7/h2-4,6H,5H2,1H3,(H,12,13,14). The van der Waals surface area contributed by atoms with Gasteiger partial charge in [0.05, 0.1) is 16.4 Å². The van der Waals surface area contributed by atoms with Crippen LogP contribution >= 0.6 is 0 Å². The second kappa shape index (κ2) is 5.54. The maximum absolute atomic E-state index is 13.5. The van der Waals surface area contributed by atoms with E-state index in [1.807, 2.05) is 0 Å². The molecule has 0 aliphatic carbocycles. The van der Waals surface area contributed by atoms with Gasteiger partial charge >= 0.3 is 5.69 Å². The highest BCUT2D eigenvalue weighted by molar-refractivity contribution is 7.89. The number of nitrogens with zero attached hydrogens (tertiary/aromatic N) is 4. The van der Waals surface area contributed by atoms with Crippen LogP contribution in [-0.4, -0.2) is 39.9 Å². The van der Waals surface area contributed by atoms with Crippen LogP contribution in [0.2, 0.25) is 0 Å². The first-order valence-electron chi connectivity index (χ1n) is 5.57. The molecule has 2 rings (SSSR count). The summed E-state index contributed by atoms with van der Waals surface area (Å²) in [5.41, 5.74) is -0.785. The van der Waals surface area contributed by atoms with Crippen LogP contribution in [0.5, 0.6) is 0 Å². The van der Waals surface area contributed by atoms with Crippen LogP contribution in [0.25, 0.3) is 0 Å². The number of H-pyrrole nitrogens is 1. The lowest BCUT2D eigenvalue weighted by molar-refractivity contribution is -0.387. The van der Waals surface area contributed by atoms with Gasteiger partial charge in [-0.3, -0.25) is 15.2 Å². The van der Waals surface area contributed by atoms with Crippen LogP contribution in [-0.2, 0) is 16.6 Å². The third-order valence-electron chi connectivity index (χ3n) is 2.66. The zero-order chi connectivity index (χ0) is 15.6. The molecular formula is C10H10FN5O4S. The highest BCUT2D eigenvalue weighted by Crippen LogP contribution is 2.23. The monoisotopic (exact) mass is 315 g/mol. The van der Waals surface area contributed by atoms with Crippen molar-refractivity contribution in [3.05, 3.63) is 46.3 Å². The minimum atomic E-state index is -4.00. The molecule has 0 bridgehead atoms. The van der Waals surface area contributed by atoms with Gasteiger partial charge in [-0.25, -0.2) is 13.4 Å². The Kier molecular flexibility index (Phi) is 3.95. The molecule has 0 aliphatic heterocycles. The van der Waals surface area contributed by atoms with E-state index in [2.05, 4.69) is 15.2 Å². The van der Waals surface area contributed by atoms with E-state index in [-0.39, 0.29) is 11.4 Å². The lowest BCUT2D eigenvalue weighted by atomic mass is 10.3. The highest BCUT2D eigenvalue weighted by Gasteiger charge is 2.25. The molecule has 0 aliphatic rings. The van der Waals surface area contributed by atoms with Gasteiger partial charge in [-0.1, -0.05) is 0 Å². The Bertz CT molecular complexity index is 762. The number of hydrogen-bond donors (Lipinski definition) is 1. The average molecular weight is 315 g/mol. The Morgan fingerprint density at radius 2 is 2.19 bits per heavy atom. The van der Waals surface area contributed by atoms with E-state index in [4.69, 9.17) is 0 Å². The van der Waals surface area contributed by atoms with Gasteiger partial charge in [0.1, 0.15) is 12.2 Å². The summed E-state index contributed by atoms with van der Waals surface area (Å²) in [7, 11) is -2.72. The minimum Gasteiger partial charge on any atom is -0.262 e. The Hall–Kier alpha value is -2.40. The fraction of sp³-hybridized carbons (Fsp3) is 0.200. The molecule has 0 fully saturated rings. The number of sulfonamides is 1. The number of hydrogen-bond acceptors (Lipinski definition) is 6. The Morgan fingerprint density at radius 3 is 2.71 bits per heavy atom. The van der Waals surface area contributed by atoms with E-state index in [1.54, 1.807) is 0 Å². The second-order valence-electron chi connectivity index (χ2n) is 4.06. The van der Waals surface area contributed by atoms with Gasteiger partial charge in [-0.15, -0.1) is 0 Å². The molecule has 11 heteroatoms. The molecule has 0 saturated carbocycles. The number of rotatable bonds is 5. The smallest absolute Gasteiger partial charge is 0.262 e. The third-order valence-corrected chi connectivity index (χ3v) is 4.46. The summed E-state index contributed by atoms with van der Waals surface area (Å²) in [6.07, 6.45) is 1.22. The van der Waals surface area contributed by atoms with Crippen molar-refractivity contribution in [1.82, 2.24) is 19.5 Å². The van der Waals surface area contributed by atoms with Gasteiger partial charge in [0.15, 0.2) is 0 Å². The van der Waals surface area contributed by atoms with E-state index < -0.39 is 26.5 Å². The number of nitrogens with one attached hydrogen (secondary N) is 1. The summed E-state index contributed by atoms with van der Waals surface area (Å²) < 4.78 is 38.9. The minimum absolute atomic E-state index is 0.0963.